The van der Waals surface area contributed by atoms with Crippen LogP contribution in [0.2, 0.25) is 0 Å². The number of nitrogen functional groups attached to an aromatic ring is 1. The van der Waals surface area contributed by atoms with E-state index < -0.39 is 24.1 Å². The Morgan fingerprint density at radius 1 is 1.25 bits per heavy atom. The Bertz CT molecular complexity index is 393. The van der Waals surface area contributed by atoms with Gasteiger partial charge in [-0.15, -0.1) is 0 Å². The number of nitrogens with two attached hydrogens (primary N) is 1. The molecule has 0 amide bonds. The molecule has 0 aliphatic carbocycles. The van der Waals surface area contributed by atoms with Crippen LogP contribution in [0.1, 0.15) is 5.56 Å². The second kappa shape index (κ2) is 4.44. The van der Waals surface area contributed by atoms with Crippen LogP contribution in [0.5, 0.6) is 5.75 Å². The quantitative estimate of drug-likeness (QED) is 0.668. The van der Waals surface area contributed by atoms with Gasteiger partial charge in [0.15, 0.2) is 5.75 Å². The van der Waals surface area contributed by atoms with Crippen molar-refractivity contribution in [2.75, 3.05) is 5.73 Å². The lowest BCUT2D eigenvalue weighted by Crippen LogP contribution is -2.12. The lowest BCUT2D eigenvalue weighted by Gasteiger charge is -2.15. The number of anilines is 1. The van der Waals surface area contributed by atoms with Gasteiger partial charge in [0.25, 0.3) is 0 Å². The third-order valence-corrected chi connectivity index (χ3v) is 2.17. The first-order valence-corrected chi connectivity index (χ1v) is 4.62. The van der Waals surface area contributed by atoms with Crippen molar-refractivity contribution < 1.29 is 26.7 Å². The van der Waals surface area contributed by atoms with Crippen molar-refractivity contribution in [2.45, 2.75) is 12.8 Å². The van der Waals surface area contributed by atoms with Crippen molar-refractivity contribution in [2.24, 2.45) is 0 Å². The molecule has 8 heteroatoms. The van der Waals surface area contributed by atoms with Crippen LogP contribution in [0.3, 0.4) is 0 Å². The van der Waals surface area contributed by atoms with E-state index in [2.05, 4.69) is 20.7 Å². The second-order valence-corrected chi connectivity index (χ2v) is 3.61. The number of benzene rings is 1. The Kier molecular flexibility index (Phi) is 3.61. The third kappa shape index (κ3) is 2.97. The van der Waals surface area contributed by atoms with Crippen LogP contribution in [0, 0.1) is 0 Å². The van der Waals surface area contributed by atoms with Gasteiger partial charge in [-0.3, -0.25) is 0 Å². The summed E-state index contributed by atoms with van der Waals surface area (Å²) in [7, 11) is 0. The van der Waals surface area contributed by atoms with Gasteiger partial charge in [0, 0.05) is 5.69 Å². The van der Waals surface area contributed by atoms with Crippen molar-refractivity contribution in [3.63, 3.8) is 0 Å². The van der Waals surface area contributed by atoms with Gasteiger partial charge in [-0.2, -0.15) is 22.0 Å². The minimum atomic E-state index is -4.82. The highest BCUT2D eigenvalue weighted by Gasteiger charge is 2.36. The maximum absolute atomic E-state index is 12.5. The predicted octanol–water partition coefficient (Wildman–Crippen LogP) is 3.65. The predicted molar refractivity (Wildman–Crippen MR) is 50.2 cm³/mol. The highest BCUT2D eigenvalue weighted by molar-refractivity contribution is 9.10. The normalized spacial score (nSPS) is 11.9. The standard InChI is InChI=1S/C8H5BrF5NO/c9-5-2-3(15)1-4(8(12,13)14)6(5)16-7(10)11/h1-2,7H,15H2. The molecule has 16 heavy (non-hydrogen) atoms. The van der Waals surface area contributed by atoms with Gasteiger partial charge >= 0.3 is 12.8 Å². The molecule has 2 nitrogen and oxygen atoms in total. The fourth-order valence-electron chi connectivity index (χ4n) is 1.03. The molecule has 1 aromatic rings. The fourth-order valence-corrected chi connectivity index (χ4v) is 1.61. The summed E-state index contributed by atoms with van der Waals surface area (Å²) in [6, 6.07) is 1.58. The number of alkyl halides is 5. The summed E-state index contributed by atoms with van der Waals surface area (Å²) in [6.45, 7) is -3.35. The smallest absolute Gasteiger partial charge is 0.420 e. The summed E-state index contributed by atoms with van der Waals surface area (Å²) < 4.78 is 64.8. The topological polar surface area (TPSA) is 35.2 Å². The lowest BCUT2D eigenvalue weighted by atomic mass is 10.1. The van der Waals surface area contributed by atoms with Crippen LogP contribution in [0.25, 0.3) is 0 Å². The number of ether oxygens (including phenoxy) is 1. The summed E-state index contributed by atoms with van der Waals surface area (Å²) >= 11 is 2.68. The van der Waals surface area contributed by atoms with E-state index in [0.29, 0.717) is 6.07 Å². The zero-order valence-corrected chi connectivity index (χ0v) is 9.07. The average Bonchev–Trinajstić information content (AvgIpc) is 2.06. The maximum atomic E-state index is 12.5. The molecule has 0 bridgehead atoms. The van der Waals surface area contributed by atoms with Crippen LogP contribution >= 0.6 is 15.9 Å². The van der Waals surface area contributed by atoms with Crippen molar-refractivity contribution in [3.8, 4) is 5.75 Å². The van der Waals surface area contributed by atoms with Gasteiger partial charge in [0.05, 0.1) is 4.47 Å². The van der Waals surface area contributed by atoms with Gasteiger partial charge in [0.2, 0.25) is 0 Å². The van der Waals surface area contributed by atoms with Crippen LogP contribution < -0.4 is 10.5 Å². The van der Waals surface area contributed by atoms with E-state index in [9.17, 15) is 22.0 Å². The summed E-state index contributed by atoms with van der Waals surface area (Å²) in [4.78, 5) is 0. The molecule has 0 aliphatic rings. The third-order valence-electron chi connectivity index (χ3n) is 1.58. The summed E-state index contributed by atoms with van der Waals surface area (Å²) in [5.74, 6) is -0.975. The Hall–Kier alpha value is -1.05. The first-order chi connectivity index (χ1) is 7.21. The molecular weight excluding hydrogens is 301 g/mol. The summed E-state index contributed by atoms with van der Waals surface area (Å²) in [6.07, 6.45) is -4.82. The van der Waals surface area contributed by atoms with Gasteiger partial charge in [-0.1, -0.05) is 0 Å². The molecule has 0 unspecified atom stereocenters. The van der Waals surface area contributed by atoms with E-state index in [0.717, 1.165) is 6.07 Å². The lowest BCUT2D eigenvalue weighted by molar-refractivity contribution is -0.141. The second-order valence-electron chi connectivity index (χ2n) is 2.76. The van der Waals surface area contributed by atoms with Crippen LogP contribution in [-0.2, 0) is 6.18 Å². The molecule has 0 aliphatic heterocycles. The fraction of sp³-hybridized carbons (Fsp3) is 0.250. The van der Waals surface area contributed by atoms with E-state index in [4.69, 9.17) is 5.73 Å². The molecule has 0 saturated carbocycles. The largest absolute Gasteiger partial charge is 0.433 e. The zero-order valence-electron chi connectivity index (χ0n) is 7.49. The maximum Gasteiger partial charge on any atom is 0.420 e. The van der Waals surface area contributed by atoms with E-state index in [-0.39, 0.29) is 10.2 Å². The monoisotopic (exact) mass is 305 g/mol. The Morgan fingerprint density at radius 3 is 2.25 bits per heavy atom. The molecule has 0 spiro atoms. The van der Waals surface area contributed by atoms with Crippen molar-refractivity contribution in [1.82, 2.24) is 0 Å². The zero-order chi connectivity index (χ0) is 12.5. The van der Waals surface area contributed by atoms with Gasteiger partial charge in [-0.25, -0.2) is 0 Å². The van der Waals surface area contributed by atoms with Crippen LogP contribution in [0.15, 0.2) is 16.6 Å². The van der Waals surface area contributed by atoms with Crippen molar-refractivity contribution in [3.05, 3.63) is 22.2 Å². The molecule has 0 saturated heterocycles. The molecule has 0 aromatic heterocycles. The molecule has 0 heterocycles. The number of halogens is 6. The SMILES string of the molecule is Nc1cc(Br)c(OC(F)F)c(C(F)(F)F)c1. The van der Waals surface area contributed by atoms with Crippen LogP contribution in [-0.4, -0.2) is 6.61 Å². The first kappa shape index (κ1) is 13.0. The van der Waals surface area contributed by atoms with Crippen molar-refractivity contribution >= 4 is 21.6 Å². The summed E-state index contributed by atoms with van der Waals surface area (Å²) in [5, 5.41) is 0. The Morgan fingerprint density at radius 2 is 1.81 bits per heavy atom. The van der Waals surface area contributed by atoms with Crippen molar-refractivity contribution in [1.29, 1.82) is 0 Å². The molecule has 90 valence electrons. The van der Waals surface area contributed by atoms with E-state index in [1.54, 1.807) is 0 Å². The summed E-state index contributed by atoms with van der Waals surface area (Å²) in [5.41, 5.74) is 3.63. The number of rotatable bonds is 2. The average molecular weight is 306 g/mol. The van der Waals surface area contributed by atoms with Gasteiger partial charge in [-0.05, 0) is 28.1 Å². The van der Waals surface area contributed by atoms with Gasteiger partial charge in [0.1, 0.15) is 5.56 Å². The Labute approximate surface area is 95.3 Å². The van der Waals surface area contributed by atoms with E-state index in [1.165, 1.54) is 0 Å². The number of hydrogen-bond acceptors (Lipinski definition) is 2. The van der Waals surface area contributed by atoms with Crippen LogP contribution in [0.4, 0.5) is 27.6 Å². The number of hydrogen-bond donors (Lipinski definition) is 1. The Balaban J connectivity index is 3.33. The highest BCUT2D eigenvalue weighted by atomic mass is 79.9. The molecule has 1 rings (SSSR count). The minimum Gasteiger partial charge on any atom is -0.433 e. The molecule has 1 aromatic carbocycles. The van der Waals surface area contributed by atoms with Gasteiger partial charge < -0.3 is 10.5 Å². The van der Waals surface area contributed by atoms with E-state index in [1.807, 2.05) is 0 Å². The van der Waals surface area contributed by atoms with E-state index >= 15 is 0 Å². The molecule has 0 atom stereocenters. The molecule has 2 N–H and O–H groups in total. The molecule has 0 radical (unpaired) electrons. The first-order valence-electron chi connectivity index (χ1n) is 3.83. The molecule has 0 fully saturated rings. The minimum absolute atomic E-state index is 0.208. The molecular formula is C8H5BrF5NO. The highest BCUT2D eigenvalue weighted by Crippen LogP contribution is 2.42.